The molecule has 1 aromatic heterocycles. The average molecular weight is 469 g/mol. The van der Waals surface area contributed by atoms with Crippen molar-refractivity contribution in [3.05, 3.63) is 58.9 Å². The highest BCUT2D eigenvalue weighted by atomic mass is 16.5. The summed E-state index contributed by atoms with van der Waals surface area (Å²) < 4.78 is 27.9. The van der Waals surface area contributed by atoms with Crippen LogP contribution in [-0.2, 0) is 11.3 Å². The normalized spacial score (nSPS) is 10.4. The van der Waals surface area contributed by atoms with Crippen molar-refractivity contribution < 1.29 is 28.5 Å². The lowest BCUT2D eigenvalue weighted by Crippen LogP contribution is -2.34. The summed E-state index contributed by atoms with van der Waals surface area (Å²) in [6, 6.07) is 13.4. The van der Waals surface area contributed by atoms with E-state index in [1.807, 2.05) is 0 Å². The molecular formula is C24H27N3O7. The van der Waals surface area contributed by atoms with Crippen molar-refractivity contribution in [2.24, 2.45) is 0 Å². The zero-order valence-corrected chi connectivity index (χ0v) is 19.5. The van der Waals surface area contributed by atoms with Gasteiger partial charge in [-0.3, -0.25) is 9.59 Å². The largest absolute Gasteiger partial charge is 0.497 e. The standard InChI is InChI=1S/C24H27N3O7/c1-30-16-5-7-22(33-4)20(14-16)21-6-8-24(29)27(26-21)10-9-25-23(28)15-34-19-12-17(31-2)11-18(13-19)32-3/h5-8,11-14H,9-10,15H2,1-4H3,(H,25,28). The minimum Gasteiger partial charge on any atom is -0.497 e. The molecule has 0 aliphatic heterocycles. The number of methoxy groups -OCH3 is 4. The molecule has 0 aliphatic carbocycles. The number of carbonyl (C=O) groups is 1. The maximum absolute atomic E-state index is 12.3. The van der Waals surface area contributed by atoms with Gasteiger partial charge in [-0.1, -0.05) is 0 Å². The summed E-state index contributed by atoms with van der Waals surface area (Å²) in [6.07, 6.45) is 0. The van der Waals surface area contributed by atoms with Gasteiger partial charge in [-0.15, -0.1) is 0 Å². The van der Waals surface area contributed by atoms with Crippen molar-refractivity contribution in [2.45, 2.75) is 6.54 Å². The van der Waals surface area contributed by atoms with E-state index >= 15 is 0 Å². The van der Waals surface area contributed by atoms with Crippen molar-refractivity contribution in [2.75, 3.05) is 41.6 Å². The molecule has 0 radical (unpaired) electrons. The van der Waals surface area contributed by atoms with Gasteiger partial charge in [-0.05, 0) is 24.3 Å². The van der Waals surface area contributed by atoms with Crippen LogP contribution >= 0.6 is 0 Å². The second-order valence-electron chi connectivity index (χ2n) is 7.03. The number of hydrogen-bond acceptors (Lipinski definition) is 8. The first-order chi connectivity index (χ1) is 16.5. The Labute approximate surface area is 197 Å². The SMILES string of the molecule is COc1cc(OC)cc(OCC(=O)NCCn2nc(-c3cc(OC)ccc3OC)ccc2=O)c1. The number of aromatic nitrogens is 2. The van der Waals surface area contributed by atoms with Crippen molar-refractivity contribution >= 4 is 5.91 Å². The van der Waals surface area contributed by atoms with Gasteiger partial charge in [0.1, 0.15) is 28.7 Å². The van der Waals surface area contributed by atoms with Gasteiger partial charge in [0, 0.05) is 36.4 Å². The van der Waals surface area contributed by atoms with Crippen LogP contribution in [0.15, 0.2) is 53.3 Å². The Bertz CT molecular complexity index is 1170. The third kappa shape index (κ3) is 6.18. The summed E-state index contributed by atoms with van der Waals surface area (Å²) in [7, 11) is 6.18. The number of amides is 1. The number of benzene rings is 2. The molecule has 1 heterocycles. The van der Waals surface area contributed by atoms with Crippen LogP contribution in [0.2, 0.25) is 0 Å². The van der Waals surface area contributed by atoms with Crippen LogP contribution in [0.3, 0.4) is 0 Å². The van der Waals surface area contributed by atoms with Gasteiger partial charge in [0.05, 0.1) is 40.7 Å². The van der Waals surface area contributed by atoms with Crippen molar-refractivity contribution in [3.63, 3.8) is 0 Å². The van der Waals surface area contributed by atoms with Gasteiger partial charge in [-0.2, -0.15) is 5.10 Å². The number of rotatable bonds is 11. The Kier molecular flexibility index (Phi) is 8.33. The molecule has 10 heteroatoms. The molecule has 3 rings (SSSR count). The van der Waals surface area contributed by atoms with Crippen LogP contribution in [0.4, 0.5) is 0 Å². The first kappa shape index (κ1) is 24.4. The molecule has 10 nitrogen and oxygen atoms in total. The van der Waals surface area contributed by atoms with E-state index in [2.05, 4.69) is 10.4 Å². The van der Waals surface area contributed by atoms with Crippen LogP contribution in [0.1, 0.15) is 0 Å². The fraction of sp³-hybridized carbons (Fsp3) is 0.292. The minimum atomic E-state index is -0.347. The minimum absolute atomic E-state index is 0.178. The zero-order chi connectivity index (χ0) is 24.5. The highest BCUT2D eigenvalue weighted by Crippen LogP contribution is 2.31. The molecule has 2 aromatic carbocycles. The summed E-state index contributed by atoms with van der Waals surface area (Å²) in [5, 5.41) is 7.13. The van der Waals surface area contributed by atoms with Crippen LogP contribution < -0.4 is 34.6 Å². The van der Waals surface area contributed by atoms with Gasteiger partial charge in [-0.25, -0.2) is 4.68 Å². The summed E-state index contributed by atoms with van der Waals surface area (Å²) in [4.78, 5) is 24.5. The lowest BCUT2D eigenvalue weighted by Gasteiger charge is -2.12. The molecule has 0 saturated carbocycles. The van der Waals surface area contributed by atoms with E-state index in [1.54, 1.807) is 56.7 Å². The van der Waals surface area contributed by atoms with E-state index < -0.39 is 0 Å². The Morgan fingerprint density at radius 3 is 2.18 bits per heavy atom. The fourth-order valence-electron chi connectivity index (χ4n) is 3.13. The Morgan fingerprint density at radius 2 is 1.53 bits per heavy atom. The second kappa shape index (κ2) is 11.6. The molecule has 1 N–H and O–H groups in total. The molecule has 1 amide bonds. The van der Waals surface area contributed by atoms with Gasteiger partial charge < -0.3 is 29.0 Å². The fourth-order valence-corrected chi connectivity index (χ4v) is 3.13. The number of carbonyl (C=O) groups excluding carboxylic acids is 1. The van der Waals surface area contributed by atoms with E-state index in [0.717, 1.165) is 0 Å². The highest BCUT2D eigenvalue weighted by molar-refractivity contribution is 5.77. The molecule has 34 heavy (non-hydrogen) atoms. The summed E-state index contributed by atoms with van der Waals surface area (Å²) in [5.41, 5.74) is 0.929. The molecule has 0 fully saturated rings. The Balaban J connectivity index is 1.61. The first-order valence-electron chi connectivity index (χ1n) is 10.4. The quantitative estimate of drug-likeness (QED) is 0.455. The molecule has 0 bridgehead atoms. The third-order valence-corrected chi connectivity index (χ3v) is 4.89. The average Bonchev–Trinajstić information content (AvgIpc) is 2.87. The maximum atomic E-state index is 12.3. The van der Waals surface area contributed by atoms with E-state index in [4.69, 9.17) is 23.7 Å². The predicted octanol–water partition coefficient (Wildman–Crippen LogP) is 2.14. The Hall–Kier alpha value is -4.21. The number of ether oxygens (including phenoxy) is 5. The molecule has 0 unspecified atom stereocenters. The van der Waals surface area contributed by atoms with Gasteiger partial charge in [0.25, 0.3) is 11.5 Å². The molecule has 180 valence electrons. The first-order valence-corrected chi connectivity index (χ1v) is 10.4. The van der Waals surface area contributed by atoms with Crippen LogP contribution in [0, 0.1) is 0 Å². The second-order valence-corrected chi connectivity index (χ2v) is 7.03. The van der Waals surface area contributed by atoms with Crippen LogP contribution in [0.5, 0.6) is 28.7 Å². The van der Waals surface area contributed by atoms with Crippen molar-refractivity contribution in [1.29, 1.82) is 0 Å². The number of nitrogens with one attached hydrogen (secondary N) is 1. The third-order valence-electron chi connectivity index (χ3n) is 4.89. The smallest absolute Gasteiger partial charge is 0.266 e. The summed E-state index contributed by atoms with van der Waals surface area (Å²) in [5.74, 6) is 2.42. The Morgan fingerprint density at radius 1 is 0.853 bits per heavy atom. The molecular weight excluding hydrogens is 442 g/mol. The van der Waals surface area contributed by atoms with Crippen molar-refractivity contribution in [3.8, 4) is 40.0 Å². The lowest BCUT2D eigenvalue weighted by molar-refractivity contribution is -0.123. The van der Waals surface area contributed by atoms with E-state index in [-0.39, 0.29) is 31.2 Å². The summed E-state index contributed by atoms with van der Waals surface area (Å²) in [6.45, 7) is 0.159. The van der Waals surface area contributed by atoms with Gasteiger partial charge in [0.15, 0.2) is 6.61 Å². The molecule has 0 saturated heterocycles. The zero-order valence-electron chi connectivity index (χ0n) is 19.5. The predicted molar refractivity (Wildman–Crippen MR) is 125 cm³/mol. The molecule has 3 aromatic rings. The molecule has 0 atom stereocenters. The maximum Gasteiger partial charge on any atom is 0.266 e. The van der Waals surface area contributed by atoms with E-state index in [9.17, 15) is 9.59 Å². The van der Waals surface area contributed by atoms with E-state index in [1.165, 1.54) is 25.0 Å². The molecule has 0 aliphatic rings. The topological polar surface area (TPSA) is 110 Å². The van der Waals surface area contributed by atoms with Crippen LogP contribution in [0.25, 0.3) is 11.3 Å². The van der Waals surface area contributed by atoms with E-state index in [0.29, 0.717) is 40.0 Å². The number of hydrogen-bond donors (Lipinski definition) is 1. The van der Waals surface area contributed by atoms with Gasteiger partial charge in [0.2, 0.25) is 0 Å². The highest BCUT2D eigenvalue weighted by Gasteiger charge is 2.12. The van der Waals surface area contributed by atoms with Gasteiger partial charge >= 0.3 is 0 Å². The lowest BCUT2D eigenvalue weighted by atomic mass is 10.1. The molecule has 0 spiro atoms. The summed E-state index contributed by atoms with van der Waals surface area (Å²) >= 11 is 0. The number of nitrogens with zero attached hydrogens (tertiary/aromatic N) is 2. The van der Waals surface area contributed by atoms with Crippen LogP contribution in [-0.4, -0.2) is 57.3 Å². The monoisotopic (exact) mass is 469 g/mol. The van der Waals surface area contributed by atoms with Crippen molar-refractivity contribution in [1.82, 2.24) is 15.1 Å².